The Hall–Kier alpha value is -2.08. The highest BCUT2D eigenvalue weighted by Crippen LogP contribution is 2.25. The third-order valence-corrected chi connectivity index (χ3v) is 4.53. The number of aliphatic hydroxyl groups is 1. The van der Waals surface area contributed by atoms with Crippen molar-refractivity contribution in [3.05, 3.63) is 29.8 Å². The van der Waals surface area contributed by atoms with E-state index in [9.17, 15) is 14.7 Å². The van der Waals surface area contributed by atoms with Crippen LogP contribution in [0.3, 0.4) is 0 Å². The van der Waals surface area contributed by atoms with Crippen LogP contribution in [0.1, 0.15) is 45.1 Å². The summed E-state index contributed by atoms with van der Waals surface area (Å²) >= 11 is 0. The Kier molecular flexibility index (Phi) is 6.42. The maximum atomic E-state index is 12.3. The minimum absolute atomic E-state index is 0.0468. The van der Waals surface area contributed by atoms with Gasteiger partial charge in [-0.05, 0) is 30.4 Å². The maximum absolute atomic E-state index is 12.3. The Balaban J connectivity index is 1.83. The number of piperidine rings is 1. The van der Waals surface area contributed by atoms with Gasteiger partial charge in [0, 0.05) is 13.5 Å². The average Bonchev–Trinajstić information content (AvgIpc) is 2.58. The predicted molar refractivity (Wildman–Crippen MR) is 95.5 cm³/mol. The lowest BCUT2D eigenvalue weighted by atomic mass is 9.92. The zero-order valence-corrected chi connectivity index (χ0v) is 15.2. The SMILES string of the molecule is CC(=O)N1CCC[C@](O)(C(=O)NCCOc2ccccc2C(C)C)C1. The molecular weight excluding hydrogens is 320 g/mol. The highest BCUT2D eigenvalue weighted by atomic mass is 16.5. The summed E-state index contributed by atoms with van der Waals surface area (Å²) < 4.78 is 5.77. The molecule has 2 rings (SSSR count). The van der Waals surface area contributed by atoms with Gasteiger partial charge in [0.1, 0.15) is 12.4 Å². The Labute approximate surface area is 149 Å². The van der Waals surface area contributed by atoms with Crippen LogP contribution in [0.15, 0.2) is 24.3 Å². The van der Waals surface area contributed by atoms with Crippen molar-refractivity contribution in [1.29, 1.82) is 0 Å². The van der Waals surface area contributed by atoms with Crippen molar-refractivity contribution in [3.63, 3.8) is 0 Å². The van der Waals surface area contributed by atoms with E-state index in [1.54, 1.807) is 0 Å². The number of benzene rings is 1. The fraction of sp³-hybridized carbons (Fsp3) is 0.579. The number of nitrogens with one attached hydrogen (secondary N) is 1. The molecule has 0 aliphatic carbocycles. The van der Waals surface area contributed by atoms with Crippen LogP contribution in [0.4, 0.5) is 0 Å². The lowest BCUT2D eigenvalue weighted by Crippen LogP contribution is -2.58. The van der Waals surface area contributed by atoms with E-state index in [0.29, 0.717) is 38.5 Å². The Morgan fingerprint density at radius 3 is 2.76 bits per heavy atom. The van der Waals surface area contributed by atoms with Crippen molar-refractivity contribution in [2.45, 2.75) is 45.1 Å². The van der Waals surface area contributed by atoms with E-state index in [1.807, 2.05) is 24.3 Å². The molecule has 1 aliphatic rings. The number of rotatable bonds is 6. The van der Waals surface area contributed by atoms with E-state index in [4.69, 9.17) is 4.74 Å². The number of likely N-dealkylation sites (tertiary alicyclic amines) is 1. The number of para-hydroxylation sites is 1. The maximum Gasteiger partial charge on any atom is 0.253 e. The Morgan fingerprint density at radius 2 is 2.08 bits per heavy atom. The van der Waals surface area contributed by atoms with Crippen LogP contribution in [0, 0.1) is 0 Å². The topological polar surface area (TPSA) is 78.9 Å². The predicted octanol–water partition coefficient (Wildman–Crippen LogP) is 1.68. The monoisotopic (exact) mass is 348 g/mol. The molecule has 138 valence electrons. The number of nitrogens with zero attached hydrogens (tertiary/aromatic N) is 1. The van der Waals surface area contributed by atoms with Crippen LogP contribution >= 0.6 is 0 Å². The van der Waals surface area contributed by atoms with Crippen LogP contribution in [0.5, 0.6) is 5.75 Å². The lowest BCUT2D eigenvalue weighted by molar-refractivity contribution is -0.150. The minimum Gasteiger partial charge on any atom is -0.491 e. The van der Waals surface area contributed by atoms with Crippen molar-refractivity contribution in [2.75, 3.05) is 26.2 Å². The minimum atomic E-state index is -1.51. The quantitative estimate of drug-likeness (QED) is 0.767. The zero-order valence-electron chi connectivity index (χ0n) is 15.2. The molecule has 1 heterocycles. The molecule has 1 atom stereocenters. The van der Waals surface area contributed by atoms with E-state index < -0.39 is 11.5 Å². The molecule has 1 fully saturated rings. The average molecular weight is 348 g/mol. The number of amides is 2. The van der Waals surface area contributed by atoms with Gasteiger partial charge in [0.2, 0.25) is 5.91 Å². The summed E-state index contributed by atoms with van der Waals surface area (Å²) in [5.74, 6) is 0.593. The molecule has 1 aliphatic heterocycles. The number of hydrogen-bond donors (Lipinski definition) is 2. The van der Waals surface area contributed by atoms with Gasteiger partial charge in [0.15, 0.2) is 5.60 Å². The van der Waals surface area contributed by atoms with Crippen molar-refractivity contribution < 1.29 is 19.4 Å². The number of β-amino-alcohol motifs (C(OH)–C–C–N with tert-alkyl or cyclic N) is 1. The largest absolute Gasteiger partial charge is 0.491 e. The van der Waals surface area contributed by atoms with E-state index >= 15 is 0 Å². The van der Waals surface area contributed by atoms with E-state index in [-0.39, 0.29) is 12.5 Å². The van der Waals surface area contributed by atoms with E-state index in [0.717, 1.165) is 11.3 Å². The molecule has 25 heavy (non-hydrogen) atoms. The fourth-order valence-corrected chi connectivity index (χ4v) is 3.07. The lowest BCUT2D eigenvalue weighted by Gasteiger charge is -2.37. The molecule has 0 saturated carbocycles. The molecule has 2 N–H and O–H groups in total. The first-order chi connectivity index (χ1) is 11.8. The normalized spacial score (nSPS) is 20.4. The van der Waals surface area contributed by atoms with Crippen molar-refractivity contribution >= 4 is 11.8 Å². The van der Waals surface area contributed by atoms with Crippen LogP contribution in [-0.4, -0.2) is 53.7 Å². The third-order valence-electron chi connectivity index (χ3n) is 4.53. The summed E-state index contributed by atoms with van der Waals surface area (Å²) in [6, 6.07) is 7.83. The summed E-state index contributed by atoms with van der Waals surface area (Å²) in [4.78, 5) is 25.3. The molecule has 1 aromatic rings. The highest BCUT2D eigenvalue weighted by Gasteiger charge is 2.40. The van der Waals surface area contributed by atoms with Crippen LogP contribution in [0.2, 0.25) is 0 Å². The summed E-state index contributed by atoms with van der Waals surface area (Å²) in [6.45, 7) is 6.90. The van der Waals surface area contributed by atoms with Gasteiger partial charge in [0.05, 0.1) is 13.1 Å². The first-order valence-corrected chi connectivity index (χ1v) is 8.81. The second kappa shape index (κ2) is 8.34. The molecule has 0 unspecified atom stereocenters. The second-order valence-corrected chi connectivity index (χ2v) is 6.87. The molecule has 1 saturated heterocycles. The molecule has 0 bridgehead atoms. The van der Waals surface area contributed by atoms with Crippen LogP contribution < -0.4 is 10.1 Å². The Bertz CT molecular complexity index is 617. The summed E-state index contributed by atoms with van der Waals surface area (Å²) in [5, 5.41) is 13.3. The first-order valence-electron chi connectivity index (χ1n) is 8.81. The van der Waals surface area contributed by atoms with Crippen molar-refractivity contribution in [2.24, 2.45) is 0 Å². The zero-order chi connectivity index (χ0) is 18.4. The van der Waals surface area contributed by atoms with Gasteiger partial charge in [0.25, 0.3) is 5.91 Å². The molecule has 0 aromatic heterocycles. The number of carbonyl (C=O) groups is 2. The van der Waals surface area contributed by atoms with Crippen LogP contribution in [-0.2, 0) is 9.59 Å². The highest BCUT2D eigenvalue weighted by molar-refractivity contribution is 5.86. The number of hydrogen-bond acceptors (Lipinski definition) is 4. The van der Waals surface area contributed by atoms with Crippen LogP contribution in [0.25, 0.3) is 0 Å². The fourth-order valence-electron chi connectivity index (χ4n) is 3.07. The van der Waals surface area contributed by atoms with Gasteiger partial charge in [-0.25, -0.2) is 0 Å². The van der Waals surface area contributed by atoms with Crippen molar-refractivity contribution in [1.82, 2.24) is 10.2 Å². The molecule has 6 nitrogen and oxygen atoms in total. The van der Waals surface area contributed by atoms with Gasteiger partial charge in [-0.2, -0.15) is 0 Å². The number of carbonyl (C=O) groups excluding carboxylic acids is 2. The molecule has 1 aromatic carbocycles. The first kappa shape index (κ1) is 19.2. The van der Waals surface area contributed by atoms with E-state index in [1.165, 1.54) is 11.8 Å². The van der Waals surface area contributed by atoms with Gasteiger partial charge in [-0.1, -0.05) is 32.0 Å². The second-order valence-electron chi connectivity index (χ2n) is 6.87. The van der Waals surface area contributed by atoms with Crippen molar-refractivity contribution in [3.8, 4) is 5.75 Å². The third kappa shape index (κ3) is 4.95. The van der Waals surface area contributed by atoms with Gasteiger partial charge in [-0.15, -0.1) is 0 Å². The molecule has 6 heteroatoms. The molecule has 0 radical (unpaired) electrons. The molecule has 2 amide bonds. The molecule has 0 spiro atoms. The Morgan fingerprint density at radius 1 is 1.36 bits per heavy atom. The smallest absolute Gasteiger partial charge is 0.253 e. The van der Waals surface area contributed by atoms with Gasteiger partial charge >= 0.3 is 0 Å². The summed E-state index contributed by atoms with van der Waals surface area (Å²) in [6.07, 6.45) is 0.974. The van der Waals surface area contributed by atoms with E-state index in [2.05, 4.69) is 19.2 Å². The van der Waals surface area contributed by atoms with Gasteiger partial charge < -0.3 is 20.1 Å². The number of ether oxygens (including phenoxy) is 1. The standard InChI is InChI=1S/C19H28N2O4/c1-14(2)16-7-4-5-8-17(16)25-12-10-20-18(23)19(24)9-6-11-21(13-19)15(3)22/h4-5,7-8,14,24H,6,9-13H2,1-3H3,(H,20,23)/t19-/m1/s1. The summed E-state index contributed by atoms with van der Waals surface area (Å²) in [5.41, 5.74) is -0.392. The van der Waals surface area contributed by atoms with Gasteiger partial charge in [-0.3, -0.25) is 9.59 Å². The summed E-state index contributed by atoms with van der Waals surface area (Å²) in [7, 11) is 0. The molecular formula is C19H28N2O4.